The molecule has 16 heavy (non-hydrogen) atoms. The number of rotatable bonds is 2. The maximum Gasteiger partial charge on any atom is 0.416 e. The standard InChI is InChI=1S/C10H11ClF3NO/c1-5(16)9(15)7-3-2-6(4-8(7)11)10(12,13)14/h2-5,9,16H,15H2,1H3/t5-,9+/m0/s1. The Morgan fingerprint density at radius 2 is 1.94 bits per heavy atom. The lowest BCUT2D eigenvalue weighted by Crippen LogP contribution is -2.23. The van der Waals surface area contributed by atoms with Gasteiger partial charge in [0.25, 0.3) is 0 Å². The second-order valence-corrected chi connectivity index (χ2v) is 3.91. The highest BCUT2D eigenvalue weighted by atomic mass is 35.5. The van der Waals surface area contributed by atoms with Gasteiger partial charge in [0.15, 0.2) is 0 Å². The zero-order chi connectivity index (χ0) is 12.5. The summed E-state index contributed by atoms with van der Waals surface area (Å²) in [5, 5.41) is 9.13. The number of aliphatic hydroxyl groups is 1. The molecule has 0 amide bonds. The van der Waals surface area contributed by atoms with Crippen molar-refractivity contribution in [3.05, 3.63) is 34.3 Å². The Kier molecular flexibility index (Phi) is 3.83. The molecule has 0 saturated carbocycles. The lowest BCUT2D eigenvalue weighted by molar-refractivity contribution is -0.137. The maximum atomic E-state index is 12.3. The summed E-state index contributed by atoms with van der Waals surface area (Å²) in [4.78, 5) is 0. The highest BCUT2D eigenvalue weighted by Crippen LogP contribution is 2.33. The number of hydrogen-bond acceptors (Lipinski definition) is 2. The van der Waals surface area contributed by atoms with Crippen molar-refractivity contribution in [3.8, 4) is 0 Å². The first-order valence-corrected chi connectivity index (χ1v) is 4.91. The van der Waals surface area contributed by atoms with E-state index in [0.717, 1.165) is 12.1 Å². The van der Waals surface area contributed by atoms with Gasteiger partial charge in [0, 0.05) is 5.02 Å². The van der Waals surface area contributed by atoms with E-state index in [9.17, 15) is 18.3 Å². The van der Waals surface area contributed by atoms with Crippen molar-refractivity contribution in [2.45, 2.75) is 25.2 Å². The molecule has 0 radical (unpaired) electrons. The van der Waals surface area contributed by atoms with E-state index < -0.39 is 23.9 Å². The third-order valence-electron chi connectivity index (χ3n) is 2.21. The van der Waals surface area contributed by atoms with E-state index in [-0.39, 0.29) is 5.02 Å². The van der Waals surface area contributed by atoms with Crippen molar-refractivity contribution in [1.29, 1.82) is 0 Å². The Labute approximate surface area is 95.8 Å². The van der Waals surface area contributed by atoms with Crippen LogP contribution in [0.15, 0.2) is 18.2 Å². The van der Waals surface area contributed by atoms with Gasteiger partial charge in [-0.15, -0.1) is 0 Å². The summed E-state index contributed by atoms with van der Waals surface area (Å²) in [7, 11) is 0. The molecule has 0 fully saturated rings. The Morgan fingerprint density at radius 1 is 1.38 bits per heavy atom. The molecule has 0 saturated heterocycles. The smallest absolute Gasteiger partial charge is 0.391 e. The lowest BCUT2D eigenvalue weighted by atomic mass is 10.0. The van der Waals surface area contributed by atoms with Gasteiger partial charge in [0.2, 0.25) is 0 Å². The molecule has 6 heteroatoms. The van der Waals surface area contributed by atoms with E-state index in [2.05, 4.69) is 0 Å². The molecular formula is C10H11ClF3NO. The molecule has 0 heterocycles. The van der Waals surface area contributed by atoms with Crippen LogP contribution in [0.25, 0.3) is 0 Å². The summed E-state index contributed by atoms with van der Waals surface area (Å²) in [6.45, 7) is 1.44. The summed E-state index contributed by atoms with van der Waals surface area (Å²) in [5.41, 5.74) is 5.04. The van der Waals surface area contributed by atoms with Gasteiger partial charge < -0.3 is 10.8 Å². The lowest BCUT2D eigenvalue weighted by Gasteiger charge is -2.17. The molecule has 0 aromatic heterocycles. The molecule has 0 bridgehead atoms. The average molecular weight is 254 g/mol. The molecule has 0 unspecified atom stereocenters. The predicted octanol–water partition coefficient (Wildman–Crippen LogP) is 2.74. The first-order chi connectivity index (χ1) is 7.23. The Hall–Kier alpha value is -0.780. The minimum absolute atomic E-state index is 0.0942. The number of halogens is 4. The van der Waals surface area contributed by atoms with Gasteiger partial charge in [-0.25, -0.2) is 0 Å². The molecule has 90 valence electrons. The van der Waals surface area contributed by atoms with Gasteiger partial charge in [-0.05, 0) is 24.6 Å². The van der Waals surface area contributed by atoms with Crippen LogP contribution in [-0.2, 0) is 6.18 Å². The number of aliphatic hydroxyl groups excluding tert-OH is 1. The van der Waals surface area contributed by atoms with Crippen molar-refractivity contribution in [3.63, 3.8) is 0 Å². The fourth-order valence-corrected chi connectivity index (χ4v) is 1.54. The van der Waals surface area contributed by atoms with Crippen LogP contribution < -0.4 is 5.73 Å². The summed E-state index contributed by atoms with van der Waals surface area (Å²) >= 11 is 5.68. The average Bonchev–Trinajstić information content (AvgIpc) is 2.15. The normalized spacial score (nSPS) is 15.9. The van der Waals surface area contributed by atoms with E-state index in [1.165, 1.54) is 13.0 Å². The third-order valence-corrected chi connectivity index (χ3v) is 2.53. The predicted molar refractivity (Wildman–Crippen MR) is 55.1 cm³/mol. The summed E-state index contributed by atoms with van der Waals surface area (Å²) < 4.78 is 37.0. The molecule has 2 atom stereocenters. The molecule has 1 aromatic carbocycles. The second kappa shape index (κ2) is 4.61. The number of nitrogens with two attached hydrogens (primary N) is 1. The molecule has 3 N–H and O–H groups in total. The van der Waals surface area contributed by atoms with Crippen LogP contribution in [0.5, 0.6) is 0 Å². The zero-order valence-electron chi connectivity index (χ0n) is 8.42. The largest absolute Gasteiger partial charge is 0.416 e. The van der Waals surface area contributed by atoms with E-state index >= 15 is 0 Å². The summed E-state index contributed by atoms with van der Waals surface area (Å²) in [5.74, 6) is 0. The van der Waals surface area contributed by atoms with E-state index in [1.54, 1.807) is 0 Å². The number of benzene rings is 1. The van der Waals surface area contributed by atoms with Gasteiger partial charge in [-0.1, -0.05) is 17.7 Å². The quantitative estimate of drug-likeness (QED) is 0.851. The summed E-state index contributed by atoms with van der Waals surface area (Å²) in [6, 6.07) is 2.08. The SMILES string of the molecule is C[C@H](O)[C@@H](N)c1ccc(C(F)(F)F)cc1Cl. The molecule has 0 aliphatic rings. The van der Waals surface area contributed by atoms with Gasteiger partial charge in [0.1, 0.15) is 0 Å². The van der Waals surface area contributed by atoms with E-state index in [1.807, 2.05) is 0 Å². The molecule has 1 rings (SSSR count). The molecule has 1 aromatic rings. The van der Waals surface area contributed by atoms with E-state index in [4.69, 9.17) is 17.3 Å². The van der Waals surface area contributed by atoms with Crippen LogP contribution in [0.1, 0.15) is 24.1 Å². The van der Waals surface area contributed by atoms with Crippen molar-refractivity contribution in [2.75, 3.05) is 0 Å². The molecule has 0 spiro atoms. The maximum absolute atomic E-state index is 12.3. The second-order valence-electron chi connectivity index (χ2n) is 3.50. The van der Waals surface area contributed by atoms with Gasteiger partial charge >= 0.3 is 6.18 Å². The van der Waals surface area contributed by atoms with Crippen LogP contribution in [0, 0.1) is 0 Å². The van der Waals surface area contributed by atoms with Crippen LogP contribution in [-0.4, -0.2) is 11.2 Å². The third kappa shape index (κ3) is 2.87. The van der Waals surface area contributed by atoms with Crippen LogP contribution in [0.4, 0.5) is 13.2 Å². The molecule has 2 nitrogen and oxygen atoms in total. The van der Waals surface area contributed by atoms with Crippen molar-refractivity contribution in [2.24, 2.45) is 5.73 Å². The highest BCUT2D eigenvalue weighted by molar-refractivity contribution is 6.31. The fourth-order valence-electron chi connectivity index (χ4n) is 1.23. The first-order valence-electron chi connectivity index (χ1n) is 4.53. The van der Waals surface area contributed by atoms with Gasteiger partial charge in [0.05, 0.1) is 17.7 Å². The highest BCUT2D eigenvalue weighted by Gasteiger charge is 2.31. The van der Waals surface area contributed by atoms with Crippen LogP contribution >= 0.6 is 11.6 Å². The fraction of sp³-hybridized carbons (Fsp3) is 0.400. The number of hydrogen-bond donors (Lipinski definition) is 2. The van der Waals surface area contributed by atoms with Crippen molar-refractivity contribution < 1.29 is 18.3 Å². The van der Waals surface area contributed by atoms with Crippen LogP contribution in [0.3, 0.4) is 0 Å². The molecule has 0 aliphatic heterocycles. The van der Waals surface area contributed by atoms with Gasteiger partial charge in [-0.3, -0.25) is 0 Å². The van der Waals surface area contributed by atoms with Crippen molar-refractivity contribution in [1.82, 2.24) is 0 Å². The first kappa shape index (κ1) is 13.3. The van der Waals surface area contributed by atoms with Crippen molar-refractivity contribution >= 4 is 11.6 Å². The minimum atomic E-state index is -4.43. The Morgan fingerprint density at radius 3 is 2.31 bits per heavy atom. The molecule has 0 aliphatic carbocycles. The monoisotopic (exact) mass is 253 g/mol. The summed E-state index contributed by atoms with van der Waals surface area (Å²) in [6.07, 6.45) is -5.31. The zero-order valence-corrected chi connectivity index (χ0v) is 9.18. The topological polar surface area (TPSA) is 46.2 Å². The Balaban J connectivity index is 3.10. The number of alkyl halides is 3. The Bertz CT molecular complexity index is 379. The van der Waals surface area contributed by atoms with E-state index in [0.29, 0.717) is 5.56 Å². The minimum Gasteiger partial charge on any atom is -0.391 e. The van der Waals surface area contributed by atoms with Crippen LogP contribution in [0.2, 0.25) is 5.02 Å². The van der Waals surface area contributed by atoms with Gasteiger partial charge in [-0.2, -0.15) is 13.2 Å². The molecular weight excluding hydrogens is 243 g/mol.